The molecule has 19 heavy (non-hydrogen) atoms. The van der Waals surface area contributed by atoms with E-state index in [4.69, 9.17) is 17.3 Å². The molecular weight excluding hydrogens is 263 g/mol. The van der Waals surface area contributed by atoms with Crippen LogP contribution in [0.2, 0.25) is 5.02 Å². The van der Waals surface area contributed by atoms with Crippen LogP contribution in [0.3, 0.4) is 0 Å². The third kappa shape index (κ3) is 2.78. The summed E-state index contributed by atoms with van der Waals surface area (Å²) in [6.45, 7) is 6.35. The maximum atomic E-state index is 14.1. The molecule has 2 rings (SSSR count). The van der Waals surface area contributed by atoms with Gasteiger partial charge in [0.1, 0.15) is 5.82 Å². The highest BCUT2D eigenvalue weighted by atomic mass is 35.5. The first-order chi connectivity index (χ1) is 8.99. The fourth-order valence-corrected chi connectivity index (χ4v) is 3.12. The first-order valence-corrected chi connectivity index (χ1v) is 7.32. The van der Waals surface area contributed by atoms with Gasteiger partial charge in [-0.2, -0.15) is 0 Å². The van der Waals surface area contributed by atoms with Gasteiger partial charge in [-0.1, -0.05) is 24.6 Å². The van der Waals surface area contributed by atoms with E-state index in [2.05, 4.69) is 18.7 Å². The van der Waals surface area contributed by atoms with E-state index in [0.717, 1.165) is 19.5 Å². The van der Waals surface area contributed by atoms with Crippen molar-refractivity contribution in [1.29, 1.82) is 0 Å². The molecule has 0 saturated carbocycles. The molecule has 0 aromatic heterocycles. The Labute approximate surface area is 119 Å². The average Bonchev–Trinajstić information content (AvgIpc) is 2.91. The minimum absolute atomic E-state index is 0.203. The third-order valence-corrected chi connectivity index (χ3v) is 4.75. The number of halogens is 2. The van der Waals surface area contributed by atoms with E-state index in [1.807, 2.05) is 0 Å². The predicted octanol–water partition coefficient (Wildman–Crippen LogP) is 3.74. The summed E-state index contributed by atoms with van der Waals surface area (Å²) in [6.07, 6.45) is 3.30. The number of hydrogen-bond acceptors (Lipinski definition) is 2. The highest BCUT2D eigenvalue weighted by molar-refractivity contribution is 6.30. The number of benzene rings is 1. The van der Waals surface area contributed by atoms with Crippen LogP contribution in [0.1, 0.15) is 44.7 Å². The Bertz CT molecular complexity index is 446. The lowest BCUT2D eigenvalue weighted by Crippen LogP contribution is -2.52. The summed E-state index contributed by atoms with van der Waals surface area (Å²) in [4.78, 5) is 2.39. The number of nitrogens with zero attached hydrogens (tertiary/aromatic N) is 1. The predicted molar refractivity (Wildman–Crippen MR) is 77.8 cm³/mol. The van der Waals surface area contributed by atoms with Gasteiger partial charge in [0.05, 0.1) is 6.04 Å². The second-order valence-corrected chi connectivity index (χ2v) is 5.98. The average molecular weight is 285 g/mol. The monoisotopic (exact) mass is 284 g/mol. The molecule has 1 aliphatic heterocycles. The quantitative estimate of drug-likeness (QED) is 0.912. The summed E-state index contributed by atoms with van der Waals surface area (Å²) in [6, 6.07) is 4.43. The van der Waals surface area contributed by atoms with Crippen molar-refractivity contribution in [2.24, 2.45) is 5.73 Å². The van der Waals surface area contributed by atoms with Crippen molar-refractivity contribution in [3.8, 4) is 0 Å². The number of nitrogens with two attached hydrogens (primary N) is 1. The molecular formula is C15H22ClFN2. The SMILES string of the molecule is CCC(C)(C(N)c1ccc(Cl)cc1F)N1CCCC1. The molecule has 2 unspecified atom stereocenters. The highest BCUT2D eigenvalue weighted by Gasteiger charge is 2.39. The Balaban J connectivity index is 2.31. The second kappa shape index (κ2) is 5.78. The van der Waals surface area contributed by atoms with Crippen molar-refractivity contribution < 1.29 is 4.39 Å². The van der Waals surface area contributed by atoms with Gasteiger partial charge in [0.25, 0.3) is 0 Å². The van der Waals surface area contributed by atoms with Crippen molar-refractivity contribution in [2.45, 2.75) is 44.7 Å². The fraction of sp³-hybridized carbons (Fsp3) is 0.600. The molecule has 4 heteroatoms. The van der Waals surface area contributed by atoms with Crippen LogP contribution < -0.4 is 5.73 Å². The zero-order valence-electron chi connectivity index (χ0n) is 11.6. The Morgan fingerprint density at radius 1 is 1.42 bits per heavy atom. The smallest absolute Gasteiger partial charge is 0.129 e. The van der Waals surface area contributed by atoms with E-state index in [0.29, 0.717) is 10.6 Å². The molecule has 1 aromatic rings. The van der Waals surface area contributed by atoms with Crippen LogP contribution in [0.15, 0.2) is 18.2 Å². The fourth-order valence-electron chi connectivity index (χ4n) is 2.96. The Hall–Kier alpha value is -0.640. The van der Waals surface area contributed by atoms with Crippen LogP contribution >= 0.6 is 11.6 Å². The van der Waals surface area contributed by atoms with E-state index < -0.39 is 0 Å². The van der Waals surface area contributed by atoms with Gasteiger partial charge in [-0.3, -0.25) is 4.90 Å². The normalized spacial score (nSPS) is 21.3. The van der Waals surface area contributed by atoms with Crippen molar-refractivity contribution in [2.75, 3.05) is 13.1 Å². The first kappa shape index (κ1) is 14.8. The molecule has 0 amide bonds. The van der Waals surface area contributed by atoms with Crippen LogP contribution in [-0.2, 0) is 0 Å². The van der Waals surface area contributed by atoms with Gasteiger partial charge in [0.15, 0.2) is 0 Å². The Morgan fingerprint density at radius 2 is 2.05 bits per heavy atom. The minimum atomic E-state index is -0.340. The third-order valence-electron chi connectivity index (χ3n) is 4.51. The van der Waals surface area contributed by atoms with Crippen molar-refractivity contribution >= 4 is 11.6 Å². The molecule has 1 aliphatic rings. The topological polar surface area (TPSA) is 29.3 Å². The first-order valence-electron chi connectivity index (χ1n) is 6.94. The molecule has 2 atom stereocenters. The van der Waals surface area contributed by atoms with Gasteiger partial charge in [-0.05, 0) is 51.4 Å². The van der Waals surface area contributed by atoms with Gasteiger partial charge in [-0.25, -0.2) is 4.39 Å². The molecule has 1 aromatic carbocycles. The maximum absolute atomic E-state index is 14.1. The molecule has 0 bridgehead atoms. The van der Waals surface area contributed by atoms with Crippen LogP contribution in [0, 0.1) is 5.82 Å². The van der Waals surface area contributed by atoms with Gasteiger partial charge in [-0.15, -0.1) is 0 Å². The Morgan fingerprint density at radius 3 is 2.58 bits per heavy atom. The molecule has 2 nitrogen and oxygen atoms in total. The summed E-state index contributed by atoms with van der Waals surface area (Å²) in [7, 11) is 0. The van der Waals surface area contributed by atoms with E-state index in [1.54, 1.807) is 12.1 Å². The highest BCUT2D eigenvalue weighted by Crippen LogP contribution is 2.36. The lowest BCUT2D eigenvalue weighted by molar-refractivity contribution is 0.0986. The zero-order valence-corrected chi connectivity index (χ0v) is 12.4. The zero-order chi connectivity index (χ0) is 14.0. The number of likely N-dealkylation sites (tertiary alicyclic amines) is 1. The maximum Gasteiger partial charge on any atom is 0.129 e. The van der Waals surface area contributed by atoms with Gasteiger partial charge < -0.3 is 5.73 Å². The van der Waals surface area contributed by atoms with Crippen molar-refractivity contribution in [1.82, 2.24) is 4.90 Å². The van der Waals surface area contributed by atoms with Crippen LogP contribution in [-0.4, -0.2) is 23.5 Å². The lowest BCUT2D eigenvalue weighted by atomic mass is 9.83. The van der Waals surface area contributed by atoms with E-state index in [1.165, 1.54) is 18.9 Å². The summed E-state index contributed by atoms with van der Waals surface area (Å²) < 4.78 is 14.1. The molecule has 0 aliphatic carbocycles. The molecule has 1 fully saturated rings. The van der Waals surface area contributed by atoms with Gasteiger partial charge >= 0.3 is 0 Å². The summed E-state index contributed by atoms with van der Waals surface area (Å²) in [5.41, 5.74) is 6.74. The van der Waals surface area contributed by atoms with Crippen LogP contribution in [0.25, 0.3) is 0 Å². The molecule has 0 spiro atoms. The Kier molecular flexibility index (Phi) is 4.49. The molecule has 0 radical (unpaired) electrons. The molecule has 1 saturated heterocycles. The standard InChI is InChI=1S/C15H22ClFN2/c1-3-15(2,19-8-4-5-9-19)14(18)12-7-6-11(16)10-13(12)17/h6-7,10,14H,3-5,8-9,18H2,1-2H3. The van der Waals surface area contributed by atoms with Crippen LogP contribution in [0.5, 0.6) is 0 Å². The van der Waals surface area contributed by atoms with E-state index in [-0.39, 0.29) is 17.4 Å². The van der Waals surface area contributed by atoms with E-state index >= 15 is 0 Å². The molecule has 2 N–H and O–H groups in total. The summed E-state index contributed by atoms with van der Waals surface area (Å²) in [5.74, 6) is -0.307. The second-order valence-electron chi connectivity index (χ2n) is 5.55. The van der Waals surface area contributed by atoms with E-state index in [9.17, 15) is 4.39 Å². The molecule has 1 heterocycles. The largest absolute Gasteiger partial charge is 0.322 e. The lowest BCUT2D eigenvalue weighted by Gasteiger charge is -2.43. The minimum Gasteiger partial charge on any atom is -0.322 e. The molecule has 106 valence electrons. The van der Waals surface area contributed by atoms with Crippen molar-refractivity contribution in [3.63, 3.8) is 0 Å². The van der Waals surface area contributed by atoms with Gasteiger partial charge in [0, 0.05) is 16.1 Å². The summed E-state index contributed by atoms with van der Waals surface area (Å²) in [5, 5.41) is 0.410. The van der Waals surface area contributed by atoms with Crippen LogP contribution in [0.4, 0.5) is 4.39 Å². The van der Waals surface area contributed by atoms with Crippen molar-refractivity contribution in [3.05, 3.63) is 34.6 Å². The summed E-state index contributed by atoms with van der Waals surface area (Å²) >= 11 is 5.81. The van der Waals surface area contributed by atoms with Gasteiger partial charge in [0.2, 0.25) is 0 Å². The number of hydrogen-bond donors (Lipinski definition) is 1. The number of rotatable bonds is 4.